The van der Waals surface area contributed by atoms with Crippen LogP contribution in [-0.2, 0) is 34.0 Å². The fraction of sp³-hybridized carbons (Fsp3) is 0.548. The molecule has 246 valence electrons. The van der Waals surface area contributed by atoms with Gasteiger partial charge < -0.3 is 20.1 Å². The van der Waals surface area contributed by atoms with E-state index in [1.807, 2.05) is 0 Å². The van der Waals surface area contributed by atoms with Crippen molar-refractivity contribution < 1.29 is 35.6 Å². The SMILES string of the molecule is CC(C)(COS(C)(=O)=O)C[C@@H]1N[C@@H](C(=O)NCC[C@H]2COC(C)(C)O2)[C@H](c2cccc(Cl)c2F)[C@@]1(C#N)c1ccc(Cl)cc1F. The highest BCUT2D eigenvalue weighted by molar-refractivity contribution is 7.85. The first-order valence-electron chi connectivity index (χ1n) is 14.4. The van der Waals surface area contributed by atoms with E-state index in [4.69, 9.17) is 36.9 Å². The van der Waals surface area contributed by atoms with Crippen LogP contribution in [0.3, 0.4) is 0 Å². The third-order valence-electron chi connectivity index (χ3n) is 8.17. The summed E-state index contributed by atoms with van der Waals surface area (Å²) in [6.45, 7) is 7.28. The van der Waals surface area contributed by atoms with Crippen LogP contribution >= 0.6 is 23.2 Å². The van der Waals surface area contributed by atoms with Crippen molar-refractivity contribution in [3.8, 4) is 6.07 Å². The number of nitrogens with zero attached hydrogens (tertiary/aromatic N) is 1. The van der Waals surface area contributed by atoms with Crippen molar-refractivity contribution in [2.24, 2.45) is 5.41 Å². The maximum Gasteiger partial charge on any atom is 0.264 e. The standard InChI is InChI=1S/C31H37Cl2F2N3O6S/c1-29(2,17-43-45(5,40)41)14-24-31(16-36,21-10-9-18(32)13-23(21)34)25(20-7-6-8-22(33)26(20)35)27(38-24)28(39)37-12-11-19-15-42-30(3,4)44-19/h6-10,13,19,24-25,27,38H,11-12,14-15,17H2,1-5H3,(H,37,39)/t19-,24-,25-,27+,31-/m0/s1. The van der Waals surface area contributed by atoms with Gasteiger partial charge in [-0.15, -0.1) is 0 Å². The van der Waals surface area contributed by atoms with Gasteiger partial charge in [0.15, 0.2) is 5.79 Å². The largest absolute Gasteiger partial charge is 0.355 e. The molecule has 0 aromatic heterocycles. The van der Waals surface area contributed by atoms with Crippen molar-refractivity contribution in [3.63, 3.8) is 0 Å². The summed E-state index contributed by atoms with van der Waals surface area (Å²) in [7, 11) is -3.81. The number of ether oxygens (including phenoxy) is 2. The van der Waals surface area contributed by atoms with Gasteiger partial charge in [0.25, 0.3) is 10.1 Å². The minimum absolute atomic E-state index is 0.0307. The van der Waals surface area contributed by atoms with Gasteiger partial charge in [-0.25, -0.2) is 8.78 Å². The molecular weight excluding hydrogens is 651 g/mol. The number of halogens is 4. The number of carbonyl (C=O) groups is 1. The first kappa shape index (κ1) is 35.5. The summed E-state index contributed by atoms with van der Waals surface area (Å²) in [5.41, 5.74) is -2.98. The van der Waals surface area contributed by atoms with E-state index < -0.39 is 62.3 Å². The minimum Gasteiger partial charge on any atom is -0.355 e. The Labute approximate surface area is 272 Å². The van der Waals surface area contributed by atoms with E-state index in [-0.39, 0.29) is 46.8 Å². The van der Waals surface area contributed by atoms with E-state index in [0.29, 0.717) is 13.0 Å². The van der Waals surface area contributed by atoms with Crippen molar-refractivity contribution >= 4 is 39.2 Å². The fourth-order valence-corrected chi connectivity index (χ4v) is 7.07. The molecular formula is C31H37Cl2F2N3O6S. The van der Waals surface area contributed by atoms with Gasteiger partial charge in [-0.2, -0.15) is 13.7 Å². The van der Waals surface area contributed by atoms with Gasteiger partial charge in [-0.1, -0.05) is 55.2 Å². The van der Waals surface area contributed by atoms with Gasteiger partial charge in [0, 0.05) is 29.1 Å². The molecule has 2 aromatic carbocycles. The number of rotatable bonds is 11. The second-order valence-corrected chi connectivity index (χ2v) is 15.3. The predicted molar refractivity (Wildman–Crippen MR) is 165 cm³/mol. The highest BCUT2D eigenvalue weighted by Crippen LogP contribution is 2.52. The molecule has 1 amide bonds. The number of hydrogen-bond donors (Lipinski definition) is 2. The average molecular weight is 689 g/mol. The Hall–Kier alpha value is -2.37. The van der Waals surface area contributed by atoms with Crippen molar-refractivity contribution in [2.45, 2.75) is 75.8 Å². The van der Waals surface area contributed by atoms with Gasteiger partial charge in [0.2, 0.25) is 5.91 Å². The van der Waals surface area contributed by atoms with Gasteiger partial charge in [0.05, 0.1) is 42.7 Å². The fourth-order valence-electron chi connectivity index (χ4n) is 6.19. The zero-order chi connectivity index (χ0) is 33.4. The van der Waals surface area contributed by atoms with Crippen LogP contribution in [0.2, 0.25) is 10.0 Å². The molecule has 2 heterocycles. The lowest BCUT2D eigenvalue weighted by atomic mass is 9.62. The molecule has 2 aliphatic rings. The normalized spacial score (nSPS) is 26.5. The Morgan fingerprint density at radius 2 is 1.96 bits per heavy atom. The van der Waals surface area contributed by atoms with Gasteiger partial charge in [-0.3, -0.25) is 8.98 Å². The molecule has 2 saturated heterocycles. The maximum absolute atomic E-state index is 15.9. The summed E-state index contributed by atoms with van der Waals surface area (Å²) in [6.07, 6.45) is 1.11. The molecule has 2 N–H and O–H groups in total. The summed E-state index contributed by atoms with van der Waals surface area (Å²) < 4.78 is 71.8. The zero-order valence-corrected chi connectivity index (χ0v) is 28.0. The van der Waals surface area contributed by atoms with Crippen LogP contribution in [0.1, 0.15) is 57.6 Å². The van der Waals surface area contributed by atoms with Crippen LogP contribution in [0.5, 0.6) is 0 Å². The Balaban J connectivity index is 1.80. The van der Waals surface area contributed by atoms with Crippen LogP contribution in [0.4, 0.5) is 8.78 Å². The topological polar surface area (TPSA) is 127 Å². The molecule has 14 heteroatoms. The van der Waals surface area contributed by atoms with Crippen molar-refractivity contribution in [1.29, 1.82) is 5.26 Å². The zero-order valence-electron chi connectivity index (χ0n) is 25.6. The van der Waals surface area contributed by atoms with Crippen molar-refractivity contribution in [2.75, 3.05) is 26.0 Å². The van der Waals surface area contributed by atoms with Crippen molar-refractivity contribution in [3.05, 3.63) is 69.2 Å². The molecule has 2 fully saturated rings. The Kier molecular flexibility index (Phi) is 10.6. The van der Waals surface area contributed by atoms with Crippen LogP contribution in [0, 0.1) is 28.4 Å². The Morgan fingerprint density at radius 1 is 1.24 bits per heavy atom. The van der Waals surface area contributed by atoms with Gasteiger partial charge in [-0.05, 0) is 55.9 Å². The Morgan fingerprint density at radius 3 is 2.56 bits per heavy atom. The predicted octanol–water partition coefficient (Wildman–Crippen LogP) is 5.21. The van der Waals surface area contributed by atoms with Crippen molar-refractivity contribution in [1.82, 2.24) is 10.6 Å². The molecule has 2 aliphatic heterocycles. The first-order valence-corrected chi connectivity index (χ1v) is 17.0. The van der Waals surface area contributed by atoms with E-state index in [0.717, 1.165) is 12.3 Å². The molecule has 0 saturated carbocycles. The minimum atomic E-state index is -3.81. The number of carbonyl (C=O) groups excluding carboxylic acids is 1. The number of hydrogen-bond acceptors (Lipinski definition) is 8. The number of nitriles is 1. The number of amides is 1. The lowest BCUT2D eigenvalue weighted by Crippen LogP contribution is -2.47. The molecule has 4 rings (SSSR count). The van der Waals surface area contributed by atoms with E-state index >= 15 is 8.78 Å². The molecule has 2 aromatic rings. The first-order chi connectivity index (χ1) is 20.9. The quantitative estimate of drug-likeness (QED) is 0.309. The molecule has 5 atom stereocenters. The van der Waals surface area contributed by atoms with Crippen LogP contribution < -0.4 is 10.6 Å². The summed E-state index contributed by atoms with van der Waals surface area (Å²) in [5, 5.41) is 16.9. The highest BCUT2D eigenvalue weighted by Gasteiger charge is 2.61. The average Bonchev–Trinajstić information content (AvgIpc) is 3.45. The third kappa shape index (κ3) is 7.96. The van der Waals surface area contributed by atoms with Crippen LogP contribution in [-0.4, -0.2) is 64.3 Å². The molecule has 0 spiro atoms. The Bertz CT molecular complexity index is 1590. The van der Waals surface area contributed by atoms with Crippen LogP contribution in [0.25, 0.3) is 0 Å². The lowest BCUT2D eigenvalue weighted by molar-refractivity contribution is -0.138. The van der Waals surface area contributed by atoms with E-state index in [1.165, 1.54) is 30.3 Å². The summed E-state index contributed by atoms with van der Waals surface area (Å²) in [4.78, 5) is 13.9. The molecule has 0 aliphatic carbocycles. The smallest absolute Gasteiger partial charge is 0.264 e. The van der Waals surface area contributed by atoms with E-state index in [9.17, 15) is 18.5 Å². The van der Waals surface area contributed by atoms with E-state index in [1.54, 1.807) is 27.7 Å². The number of nitrogens with one attached hydrogen (secondary N) is 2. The number of benzene rings is 2. The third-order valence-corrected chi connectivity index (χ3v) is 9.24. The summed E-state index contributed by atoms with van der Waals surface area (Å²) in [6, 6.07) is 8.09. The van der Waals surface area contributed by atoms with Gasteiger partial charge in [0.1, 0.15) is 17.0 Å². The maximum atomic E-state index is 15.9. The van der Waals surface area contributed by atoms with E-state index in [2.05, 4.69) is 16.7 Å². The summed E-state index contributed by atoms with van der Waals surface area (Å²) in [5.74, 6) is -4.25. The highest BCUT2D eigenvalue weighted by atomic mass is 35.5. The lowest BCUT2D eigenvalue weighted by Gasteiger charge is -2.38. The molecule has 0 radical (unpaired) electrons. The molecule has 0 bridgehead atoms. The molecule has 45 heavy (non-hydrogen) atoms. The summed E-state index contributed by atoms with van der Waals surface area (Å²) >= 11 is 12.3. The second kappa shape index (κ2) is 13.4. The monoisotopic (exact) mass is 687 g/mol. The molecule has 9 nitrogen and oxygen atoms in total. The molecule has 0 unspecified atom stereocenters. The second-order valence-electron chi connectivity index (χ2n) is 12.8. The van der Waals surface area contributed by atoms with Gasteiger partial charge >= 0.3 is 0 Å². The van der Waals surface area contributed by atoms with Crippen LogP contribution in [0.15, 0.2) is 36.4 Å².